The van der Waals surface area contributed by atoms with Gasteiger partial charge in [0.1, 0.15) is 16.4 Å². The number of benzene rings is 1. The van der Waals surface area contributed by atoms with Crippen molar-refractivity contribution in [1.29, 1.82) is 0 Å². The number of anilines is 1. The fourth-order valence-corrected chi connectivity index (χ4v) is 3.84. The number of aromatic carboxylic acids is 1. The summed E-state index contributed by atoms with van der Waals surface area (Å²) in [7, 11) is 1.84. The summed E-state index contributed by atoms with van der Waals surface area (Å²) in [6, 6.07) is 6.37. The van der Waals surface area contributed by atoms with E-state index in [0.717, 1.165) is 5.56 Å². The van der Waals surface area contributed by atoms with Crippen LogP contribution in [-0.4, -0.2) is 25.6 Å². The fraction of sp³-hybridized carbons (Fsp3) is 0.217. The zero-order valence-electron chi connectivity index (χ0n) is 17.9. The zero-order valence-corrected chi connectivity index (χ0v) is 18.7. The van der Waals surface area contributed by atoms with Gasteiger partial charge in [0.05, 0.1) is 23.4 Å². The number of pyridine rings is 1. The van der Waals surface area contributed by atoms with Gasteiger partial charge >= 0.3 is 5.97 Å². The van der Waals surface area contributed by atoms with Crippen LogP contribution in [0.3, 0.4) is 0 Å². The molecule has 0 saturated carbocycles. The average molecular weight is 453 g/mol. The number of nitrogens with one attached hydrogen (secondary N) is 1. The molecule has 0 spiro atoms. The molecule has 1 aromatic carbocycles. The summed E-state index contributed by atoms with van der Waals surface area (Å²) in [5, 5.41) is 13.2. The van der Waals surface area contributed by atoms with Crippen LogP contribution >= 0.6 is 11.6 Å². The van der Waals surface area contributed by atoms with Crippen molar-refractivity contribution in [2.75, 3.05) is 5.32 Å². The molecule has 1 atom stereocenters. The molecular weight excluding hydrogens is 432 g/mol. The molecule has 0 saturated heterocycles. The first kappa shape index (κ1) is 21.6. The van der Waals surface area contributed by atoms with E-state index >= 15 is 0 Å². The summed E-state index contributed by atoms with van der Waals surface area (Å²) >= 11 is 5.86. The van der Waals surface area contributed by atoms with Gasteiger partial charge in [-0.25, -0.2) is 14.8 Å². The molecule has 164 valence electrons. The second-order valence-corrected chi connectivity index (χ2v) is 8.13. The quantitative estimate of drug-likeness (QED) is 0.421. The predicted molar refractivity (Wildman–Crippen MR) is 122 cm³/mol. The maximum Gasteiger partial charge on any atom is 0.356 e. The predicted octanol–water partition coefficient (Wildman–Crippen LogP) is 4.73. The highest BCUT2D eigenvalue weighted by molar-refractivity contribution is 6.29. The maximum absolute atomic E-state index is 13.2. The Hall–Kier alpha value is -3.65. The van der Waals surface area contributed by atoms with Crippen molar-refractivity contribution in [1.82, 2.24) is 14.5 Å². The molecule has 0 radical (unpaired) electrons. The largest absolute Gasteiger partial charge is 0.476 e. The zero-order chi connectivity index (χ0) is 23.2. The lowest BCUT2D eigenvalue weighted by Gasteiger charge is -2.19. The van der Waals surface area contributed by atoms with Crippen LogP contribution in [0, 0.1) is 13.8 Å². The van der Waals surface area contributed by atoms with Crippen molar-refractivity contribution in [3.05, 3.63) is 74.6 Å². The number of carbonyl (C=O) groups is 1. The van der Waals surface area contributed by atoms with Crippen molar-refractivity contribution in [2.24, 2.45) is 7.05 Å². The molecule has 3 heterocycles. The summed E-state index contributed by atoms with van der Waals surface area (Å²) in [6.45, 7) is 5.47. The third kappa shape index (κ3) is 3.85. The Morgan fingerprint density at radius 3 is 2.69 bits per heavy atom. The van der Waals surface area contributed by atoms with Crippen molar-refractivity contribution in [2.45, 2.75) is 26.8 Å². The van der Waals surface area contributed by atoms with E-state index in [2.05, 4.69) is 15.3 Å². The van der Waals surface area contributed by atoms with E-state index in [1.807, 2.05) is 27.0 Å². The first-order chi connectivity index (χ1) is 15.2. The number of hydrogen-bond donors (Lipinski definition) is 2. The van der Waals surface area contributed by atoms with Gasteiger partial charge in [0.15, 0.2) is 16.9 Å². The van der Waals surface area contributed by atoms with Crippen LogP contribution in [0.15, 0.2) is 46.0 Å². The molecule has 0 amide bonds. The van der Waals surface area contributed by atoms with E-state index in [1.165, 1.54) is 6.07 Å². The molecule has 0 aliphatic heterocycles. The first-order valence-corrected chi connectivity index (χ1v) is 10.3. The molecule has 0 bridgehead atoms. The van der Waals surface area contributed by atoms with Crippen LogP contribution in [-0.2, 0) is 7.05 Å². The minimum absolute atomic E-state index is 0.0862. The summed E-state index contributed by atoms with van der Waals surface area (Å²) in [5.74, 6) is -0.796. The Morgan fingerprint density at radius 2 is 2.03 bits per heavy atom. The lowest BCUT2D eigenvalue weighted by molar-refractivity contribution is 0.0691. The van der Waals surface area contributed by atoms with Crippen LogP contribution < -0.4 is 10.7 Å². The van der Waals surface area contributed by atoms with Gasteiger partial charge < -0.3 is 19.4 Å². The van der Waals surface area contributed by atoms with Gasteiger partial charge in [-0.2, -0.15) is 0 Å². The molecule has 3 aromatic heterocycles. The molecule has 0 aliphatic carbocycles. The Morgan fingerprint density at radius 1 is 1.28 bits per heavy atom. The van der Waals surface area contributed by atoms with E-state index in [9.17, 15) is 14.7 Å². The number of hydrogen-bond acceptors (Lipinski definition) is 6. The lowest BCUT2D eigenvalue weighted by atomic mass is 9.99. The minimum atomic E-state index is -1.20. The topological polar surface area (TPSA) is 110 Å². The summed E-state index contributed by atoms with van der Waals surface area (Å²) in [5.41, 5.74) is 3.03. The van der Waals surface area contributed by atoms with Crippen LogP contribution in [0.2, 0.25) is 5.15 Å². The van der Waals surface area contributed by atoms with Gasteiger partial charge in [0, 0.05) is 24.4 Å². The lowest BCUT2D eigenvalue weighted by Crippen LogP contribution is -2.14. The Balaban J connectivity index is 1.88. The summed E-state index contributed by atoms with van der Waals surface area (Å²) < 4.78 is 8.02. The second kappa shape index (κ2) is 8.12. The van der Waals surface area contributed by atoms with Gasteiger partial charge in [0.2, 0.25) is 0 Å². The number of halogens is 1. The van der Waals surface area contributed by atoms with Crippen molar-refractivity contribution >= 4 is 34.2 Å². The Kier molecular flexibility index (Phi) is 5.48. The number of rotatable bonds is 5. The molecule has 8 nitrogen and oxygen atoms in total. The van der Waals surface area contributed by atoms with E-state index in [-0.39, 0.29) is 16.3 Å². The normalized spacial score (nSPS) is 12.2. The number of imidazole rings is 1. The van der Waals surface area contributed by atoms with E-state index in [1.54, 1.807) is 36.1 Å². The van der Waals surface area contributed by atoms with Crippen LogP contribution in [0.5, 0.6) is 0 Å². The molecule has 2 N–H and O–H groups in total. The number of nitrogens with zero attached hydrogens (tertiary/aromatic N) is 3. The third-order valence-electron chi connectivity index (χ3n) is 5.23. The highest BCUT2D eigenvalue weighted by Crippen LogP contribution is 2.32. The van der Waals surface area contributed by atoms with Crippen molar-refractivity contribution < 1.29 is 14.3 Å². The molecule has 0 unspecified atom stereocenters. The molecule has 32 heavy (non-hydrogen) atoms. The number of aryl methyl sites for hydroxylation is 2. The molecule has 4 aromatic rings. The van der Waals surface area contributed by atoms with Gasteiger partial charge in [-0.15, -0.1) is 0 Å². The maximum atomic E-state index is 13.2. The Bertz CT molecular complexity index is 1420. The van der Waals surface area contributed by atoms with Crippen LogP contribution in [0.25, 0.3) is 22.4 Å². The van der Waals surface area contributed by atoms with Gasteiger partial charge in [-0.3, -0.25) is 4.79 Å². The van der Waals surface area contributed by atoms with E-state index < -0.39 is 12.0 Å². The highest BCUT2D eigenvalue weighted by atomic mass is 35.5. The van der Waals surface area contributed by atoms with Gasteiger partial charge in [-0.1, -0.05) is 17.7 Å². The van der Waals surface area contributed by atoms with Gasteiger partial charge in [-0.05, 0) is 44.5 Å². The molecular formula is C23H21ClN4O4. The number of fused-ring (bicyclic) bond motifs is 1. The second-order valence-electron chi connectivity index (χ2n) is 7.74. The first-order valence-electron chi connectivity index (χ1n) is 9.88. The smallest absolute Gasteiger partial charge is 0.356 e. The highest BCUT2D eigenvalue weighted by Gasteiger charge is 2.21. The standard InChI is InChI=1S/C23H21ClN4O4/c1-11-7-14(13(3)26-16-5-6-18(24)27-19(16)23(30)31)22-15(8-11)20(29)12(2)21(32-22)17-9-28(4)10-25-17/h5-10,13,26H,1-4H3,(H,30,31)/t13-/m1/s1. The monoisotopic (exact) mass is 452 g/mol. The van der Waals surface area contributed by atoms with Crippen LogP contribution in [0.1, 0.15) is 40.1 Å². The minimum Gasteiger partial charge on any atom is -0.476 e. The Labute approximate surface area is 188 Å². The number of carboxylic acid groups (broad SMARTS) is 1. The van der Waals surface area contributed by atoms with Gasteiger partial charge in [0.25, 0.3) is 0 Å². The third-order valence-corrected chi connectivity index (χ3v) is 5.44. The summed E-state index contributed by atoms with van der Waals surface area (Å²) in [6.07, 6.45) is 3.42. The average Bonchev–Trinajstić information content (AvgIpc) is 3.17. The number of aromatic nitrogens is 3. The van der Waals surface area contributed by atoms with Crippen LogP contribution in [0.4, 0.5) is 5.69 Å². The molecule has 0 aliphatic rings. The van der Waals surface area contributed by atoms with Crippen molar-refractivity contribution in [3.63, 3.8) is 0 Å². The van der Waals surface area contributed by atoms with E-state index in [4.69, 9.17) is 16.0 Å². The van der Waals surface area contributed by atoms with E-state index in [0.29, 0.717) is 39.2 Å². The van der Waals surface area contributed by atoms with Crippen molar-refractivity contribution in [3.8, 4) is 11.5 Å². The number of carboxylic acids is 1. The SMILES string of the molecule is Cc1cc([C@@H](C)Nc2ccc(Cl)nc2C(=O)O)c2oc(-c3cn(C)cn3)c(C)c(=O)c2c1. The molecule has 4 rings (SSSR count). The summed E-state index contributed by atoms with van der Waals surface area (Å²) in [4.78, 5) is 33.0. The molecule has 9 heteroatoms. The molecule has 0 fully saturated rings. The fourth-order valence-electron chi connectivity index (χ4n) is 3.69.